The van der Waals surface area contributed by atoms with Crippen molar-refractivity contribution < 1.29 is 21.8 Å². The molecule has 22 heavy (non-hydrogen) atoms. The lowest BCUT2D eigenvalue weighted by Gasteiger charge is -2.04. The van der Waals surface area contributed by atoms with Gasteiger partial charge in [0.2, 0.25) is 5.95 Å². The summed E-state index contributed by atoms with van der Waals surface area (Å²) in [6, 6.07) is 5.39. The summed E-state index contributed by atoms with van der Waals surface area (Å²) in [5.74, 6) is -0.491. The van der Waals surface area contributed by atoms with Crippen LogP contribution in [-0.4, -0.2) is 37.2 Å². The Bertz CT molecular complexity index is 669. The number of rotatable bonds is 2. The van der Waals surface area contributed by atoms with Crippen LogP contribution in [-0.2, 0) is 10.1 Å². The third-order valence-electron chi connectivity index (χ3n) is 2.12. The van der Waals surface area contributed by atoms with Crippen molar-refractivity contribution in [2.75, 3.05) is 25.3 Å². The Morgan fingerprint density at radius 1 is 1.27 bits per heavy atom. The Labute approximate surface area is 127 Å². The third kappa shape index (κ3) is 6.90. The van der Waals surface area contributed by atoms with Gasteiger partial charge in [-0.2, -0.15) is 12.8 Å². The average molecular weight is 334 g/mol. The predicted octanol–water partition coefficient (Wildman–Crippen LogP) is 1.76. The summed E-state index contributed by atoms with van der Waals surface area (Å²) in [6.07, 6.45) is 2.51. The van der Waals surface area contributed by atoms with Gasteiger partial charge in [-0.1, -0.05) is 0 Å². The van der Waals surface area contributed by atoms with Crippen molar-refractivity contribution >= 4 is 21.5 Å². The normalized spacial score (nSPS) is 9.68. The first-order valence-electron chi connectivity index (χ1n) is 5.68. The molecule has 0 spiro atoms. The molecule has 0 amide bonds. The van der Waals surface area contributed by atoms with Crippen LogP contribution in [0, 0.1) is 5.95 Å². The van der Waals surface area contributed by atoms with E-state index in [1.165, 1.54) is 30.5 Å². The molecule has 1 aromatic heterocycles. The van der Waals surface area contributed by atoms with E-state index in [0.717, 1.165) is 6.33 Å². The van der Waals surface area contributed by atoms with Crippen molar-refractivity contribution in [3.63, 3.8) is 0 Å². The molecular weight excluding hydrogens is 318 g/mol. The van der Waals surface area contributed by atoms with Crippen molar-refractivity contribution in [3.8, 4) is 0 Å². The maximum atomic E-state index is 11.8. The zero-order valence-electron chi connectivity index (χ0n) is 11.9. The number of anilines is 2. The van der Waals surface area contributed by atoms with E-state index in [1.807, 2.05) is 0 Å². The van der Waals surface area contributed by atoms with Gasteiger partial charge >= 0.3 is 0 Å². The van der Waals surface area contributed by atoms with E-state index in [9.17, 15) is 17.2 Å². The molecule has 0 aliphatic heterocycles. The van der Waals surface area contributed by atoms with Crippen LogP contribution in [0.1, 0.15) is 0 Å². The number of nitrogen functional groups attached to an aromatic ring is 1. The first-order valence-corrected chi connectivity index (χ1v) is 7.12. The number of hydrogen-bond acceptors (Lipinski definition) is 6. The lowest BCUT2D eigenvalue weighted by atomic mass is 10.3. The highest BCUT2D eigenvalue weighted by Crippen LogP contribution is 2.21. The van der Waals surface area contributed by atoms with Gasteiger partial charge in [0.25, 0.3) is 10.1 Å². The minimum atomic E-state index is -4.21. The second-order valence-corrected chi connectivity index (χ2v) is 4.90. The van der Waals surface area contributed by atoms with Crippen LogP contribution in [0.3, 0.4) is 0 Å². The van der Waals surface area contributed by atoms with E-state index in [0.29, 0.717) is 12.9 Å². The zero-order chi connectivity index (χ0) is 17.2. The van der Waals surface area contributed by atoms with Gasteiger partial charge in [0.05, 0.1) is 12.9 Å². The Morgan fingerprint density at radius 3 is 2.23 bits per heavy atom. The highest BCUT2D eigenvalue weighted by atomic mass is 32.2. The Balaban J connectivity index is 0.000000412. The summed E-state index contributed by atoms with van der Waals surface area (Å²) < 4.78 is 51.4. The monoisotopic (exact) mass is 334 g/mol. The molecule has 0 atom stereocenters. The largest absolute Gasteiger partial charge is 0.398 e. The minimum Gasteiger partial charge on any atom is -0.398 e. The second kappa shape index (κ2) is 9.58. The van der Waals surface area contributed by atoms with Crippen molar-refractivity contribution in [2.45, 2.75) is 4.90 Å². The molecule has 10 heteroatoms. The Hall–Kier alpha value is -2.33. The number of alkyl halides is 1. The van der Waals surface area contributed by atoms with Crippen LogP contribution in [0.25, 0.3) is 0 Å². The molecule has 0 bridgehead atoms. The van der Waals surface area contributed by atoms with Gasteiger partial charge < -0.3 is 11.1 Å². The lowest BCUT2D eigenvalue weighted by Crippen LogP contribution is -2.03. The molecule has 0 aliphatic carbocycles. The standard InChI is InChI=1S/C7H10N2O3S.C4H3FN2.CH3F/c1-9-5-2-3-7(6(8)4-5)13(10,11)12;5-4-1-2-6-3-7-4;1-2/h2-4,9H,8H2,1H3,(H,10,11,12);1-3H;1H3. The van der Waals surface area contributed by atoms with Gasteiger partial charge in [-0.15, -0.1) is 0 Å². The fraction of sp³-hybridized carbons (Fsp3) is 0.167. The second-order valence-electron chi connectivity index (χ2n) is 3.51. The van der Waals surface area contributed by atoms with Crippen molar-refractivity contribution in [1.29, 1.82) is 0 Å². The molecule has 0 fully saturated rings. The molecule has 0 aliphatic rings. The van der Waals surface area contributed by atoms with Crippen molar-refractivity contribution in [2.24, 2.45) is 0 Å². The molecule has 0 saturated carbocycles. The molecular formula is C12H16F2N4O3S. The number of nitrogens with two attached hydrogens (primary N) is 1. The number of aromatic nitrogens is 2. The molecule has 1 aromatic carbocycles. The average Bonchev–Trinajstić information content (AvgIpc) is 2.49. The molecule has 1 heterocycles. The lowest BCUT2D eigenvalue weighted by molar-refractivity contribution is 0.483. The summed E-state index contributed by atoms with van der Waals surface area (Å²) in [4.78, 5) is 6.42. The maximum Gasteiger partial charge on any atom is 0.296 e. The van der Waals surface area contributed by atoms with Gasteiger partial charge in [-0.25, -0.2) is 9.97 Å². The van der Waals surface area contributed by atoms with E-state index < -0.39 is 16.1 Å². The smallest absolute Gasteiger partial charge is 0.296 e. The van der Waals surface area contributed by atoms with E-state index in [-0.39, 0.29) is 10.6 Å². The first-order chi connectivity index (χ1) is 10.3. The SMILES string of the molecule is CF.CNc1ccc(S(=O)(=O)O)c(N)c1.Fc1ccncn1. The molecule has 0 saturated heterocycles. The first kappa shape index (κ1) is 19.7. The zero-order valence-corrected chi connectivity index (χ0v) is 12.7. The molecule has 7 nitrogen and oxygen atoms in total. The van der Waals surface area contributed by atoms with E-state index >= 15 is 0 Å². The van der Waals surface area contributed by atoms with Gasteiger partial charge in [-0.3, -0.25) is 8.94 Å². The molecule has 2 rings (SSSR count). The number of halogens is 2. The number of nitrogens with one attached hydrogen (secondary N) is 1. The minimum absolute atomic E-state index is 0.0225. The van der Waals surface area contributed by atoms with E-state index in [1.54, 1.807) is 7.05 Å². The van der Waals surface area contributed by atoms with E-state index in [2.05, 4.69) is 15.3 Å². The molecule has 2 aromatic rings. The summed E-state index contributed by atoms with van der Waals surface area (Å²) >= 11 is 0. The molecule has 4 N–H and O–H groups in total. The van der Waals surface area contributed by atoms with Crippen LogP contribution in [0.15, 0.2) is 41.7 Å². The summed E-state index contributed by atoms with van der Waals surface area (Å²) in [5, 5.41) is 2.79. The fourth-order valence-corrected chi connectivity index (χ4v) is 1.81. The highest BCUT2D eigenvalue weighted by Gasteiger charge is 2.13. The number of hydrogen-bond donors (Lipinski definition) is 3. The molecule has 0 radical (unpaired) electrons. The van der Waals surface area contributed by atoms with Gasteiger partial charge in [0.1, 0.15) is 11.2 Å². The van der Waals surface area contributed by atoms with Crippen LogP contribution < -0.4 is 11.1 Å². The molecule has 0 unspecified atom stereocenters. The van der Waals surface area contributed by atoms with Crippen molar-refractivity contribution in [3.05, 3.63) is 42.7 Å². The van der Waals surface area contributed by atoms with Crippen molar-refractivity contribution in [1.82, 2.24) is 9.97 Å². The van der Waals surface area contributed by atoms with Crippen LogP contribution in [0.5, 0.6) is 0 Å². The van der Waals surface area contributed by atoms with Crippen LogP contribution in [0.4, 0.5) is 20.2 Å². The van der Waals surface area contributed by atoms with E-state index in [4.69, 9.17) is 10.3 Å². The van der Waals surface area contributed by atoms with Gasteiger partial charge in [0, 0.05) is 25.0 Å². The fourth-order valence-electron chi connectivity index (χ4n) is 1.21. The summed E-state index contributed by atoms with van der Waals surface area (Å²) in [7, 11) is -2.03. The predicted molar refractivity (Wildman–Crippen MR) is 79.2 cm³/mol. The number of nitrogens with zero attached hydrogens (tertiary/aromatic N) is 2. The van der Waals surface area contributed by atoms with Gasteiger partial charge in [-0.05, 0) is 18.2 Å². The third-order valence-corrected chi connectivity index (χ3v) is 3.05. The quantitative estimate of drug-likeness (QED) is 0.435. The maximum absolute atomic E-state index is 11.8. The molecule has 122 valence electrons. The highest BCUT2D eigenvalue weighted by molar-refractivity contribution is 7.86. The topological polar surface area (TPSA) is 118 Å². The summed E-state index contributed by atoms with van der Waals surface area (Å²) in [5.41, 5.74) is 6.11. The Morgan fingerprint density at radius 2 is 1.91 bits per heavy atom. The summed E-state index contributed by atoms with van der Waals surface area (Å²) in [6.45, 7) is 0. The van der Waals surface area contributed by atoms with Crippen LogP contribution in [0.2, 0.25) is 0 Å². The van der Waals surface area contributed by atoms with Crippen LogP contribution >= 0.6 is 0 Å². The number of benzene rings is 1. The van der Waals surface area contributed by atoms with Gasteiger partial charge in [0.15, 0.2) is 0 Å². The Kier molecular flexibility index (Phi) is 8.56.